The molecule has 8 nitrogen and oxygen atoms in total. The Morgan fingerprint density at radius 3 is 2.66 bits per heavy atom. The molecule has 0 aliphatic carbocycles. The van der Waals surface area contributed by atoms with E-state index in [1.54, 1.807) is 23.6 Å². The first-order valence-electron chi connectivity index (χ1n) is 9.53. The largest absolute Gasteiger partial charge is 0.417 e. The van der Waals surface area contributed by atoms with Gasteiger partial charge in [0.15, 0.2) is 0 Å². The summed E-state index contributed by atoms with van der Waals surface area (Å²) < 4.78 is 42.7. The molecule has 3 aromatic rings. The molecule has 0 saturated carbocycles. The summed E-state index contributed by atoms with van der Waals surface area (Å²) in [5.41, 5.74) is -1.15. The molecule has 0 spiro atoms. The van der Waals surface area contributed by atoms with Gasteiger partial charge in [0, 0.05) is 38.4 Å². The second-order valence-electron chi connectivity index (χ2n) is 7.48. The molecule has 1 aromatic carbocycles. The number of nitrogens with one attached hydrogen (secondary N) is 1. The average molecular weight is 467 g/mol. The Labute approximate surface area is 185 Å². The third-order valence-corrected chi connectivity index (χ3v) is 5.65. The van der Waals surface area contributed by atoms with Crippen LogP contribution in [0.15, 0.2) is 35.4 Å². The fourth-order valence-electron chi connectivity index (χ4n) is 3.62. The van der Waals surface area contributed by atoms with E-state index in [0.717, 1.165) is 6.07 Å². The lowest BCUT2D eigenvalue weighted by Gasteiger charge is -2.30. The summed E-state index contributed by atoms with van der Waals surface area (Å²) in [4.78, 5) is 32.4. The number of H-pyrrole nitrogens is 1. The van der Waals surface area contributed by atoms with Crippen LogP contribution in [0, 0.1) is 0 Å². The number of aromatic nitrogens is 4. The number of carbonyl (C=O) groups excluding carboxylic acids is 1. The van der Waals surface area contributed by atoms with Crippen LogP contribution in [0.1, 0.15) is 27.4 Å². The van der Waals surface area contributed by atoms with Crippen molar-refractivity contribution in [3.8, 4) is 0 Å². The smallest absolute Gasteiger partial charge is 0.378 e. The first-order chi connectivity index (χ1) is 15.1. The van der Waals surface area contributed by atoms with Gasteiger partial charge in [-0.15, -0.1) is 0 Å². The number of hydrogen-bond donors (Lipinski definition) is 1. The topological polar surface area (TPSA) is 87.1 Å². The Morgan fingerprint density at radius 2 is 1.97 bits per heavy atom. The number of hydrogen-bond acceptors (Lipinski definition) is 6. The molecular formula is C20H18ClF3N6O2. The summed E-state index contributed by atoms with van der Waals surface area (Å²) in [7, 11) is 3.25. The van der Waals surface area contributed by atoms with Crippen LogP contribution in [-0.2, 0) is 19.3 Å². The highest BCUT2D eigenvalue weighted by Crippen LogP contribution is 2.36. The Bertz CT molecular complexity index is 1250. The fraction of sp³-hybridized carbons (Fsp3) is 0.300. The molecule has 0 fully saturated rings. The highest BCUT2D eigenvalue weighted by molar-refractivity contribution is 6.33. The Kier molecular flexibility index (Phi) is 5.45. The van der Waals surface area contributed by atoms with Crippen molar-refractivity contribution in [2.24, 2.45) is 0 Å². The number of nitrogens with zero attached hydrogens (tertiary/aromatic N) is 5. The minimum atomic E-state index is -4.69. The van der Waals surface area contributed by atoms with E-state index in [0.29, 0.717) is 23.7 Å². The van der Waals surface area contributed by atoms with E-state index in [1.807, 2.05) is 0 Å². The van der Waals surface area contributed by atoms with Crippen molar-refractivity contribution in [2.75, 3.05) is 30.4 Å². The van der Waals surface area contributed by atoms with Crippen molar-refractivity contribution in [1.29, 1.82) is 0 Å². The number of benzene rings is 1. The summed E-state index contributed by atoms with van der Waals surface area (Å²) in [6.45, 7) is 0.848. The number of rotatable bonds is 4. The molecule has 2 aromatic heterocycles. The van der Waals surface area contributed by atoms with E-state index >= 15 is 0 Å². The van der Waals surface area contributed by atoms with Crippen LogP contribution in [0.25, 0.3) is 0 Å². The van der Waals surface area contributed by atoms with Crippen LogP contribution in [-0.4, -0.2) is 46.2 Å². The van der Waals surface area contributed by atoms with Crippen LogP contribution in [0.2, 0.25) is 5.02 Å². The molecule has 0 saturated heterocycles. The molecule has 0 bridgehead atoms. The molecule has 1 aliphatic heterocycles. The number of aromatic amines is 1. The van der Waals surface area contributed by atoms with E-state index in [2.05, 4.69) is 15.2 Å². The zero-order valence-corrected chi connectivity index (χ0v) is 17.8. The fourth-order valence-corrected chi connectivity index (χ4v) is 3.83. The minimum absolute atomic E-state index is 0.0212. The molecule has 12 heteroatoms. The Balaban J connectivity index is 1.68. The maximum Gasteiger partial charge on any atom is 0.417 e. The van der Waals surface area contributed by atoms with Crippen LogP contribution in [0.3, 0.4) is 0 Å². The summed E-state index contributed by atoms with van der Waals surface area (Å²) in [6.07, 6.45) is -2.00. The quantitative estimate of drug-likeness (QED) is 0.595. The van der Waals surface area contributed by atoms with Crippen molar-refractivity contribution in [1.82, 2.24) is 19.7 Å². The number of ketones is 1. The Hall–Kier alpha value is -3.34. The van der Waals surface area contributed by atoms with Gasteiger partial charge in [0.25, 0.3) is 5.56 Å². The van der Waals surface area contributed by atoms with Crippen molar-refractivity contribution in [2.45, 2.75) is 19.3 Å². The lowest BCUT2D eigenvalue weighted by molar-refractivity contribution is -0.137. The van der Waals surface area contributed by atoms with Gasteiger partial charge in [0.1, 0.15) is 16.5 Å². The molecule has 168 valence electrons. The minimum Gasteiger partial charge on any atom is -0.378 e. The number of halogens is 4. The predicted molar refractivity (Wildman–Crippen MR) is 112 cm³/mol. The molecule has 0 atom stereocenters. The van der Waals surface area contributed by atoms with Gasteiger partial charge >= 0.3 is 6.18 Å². The molecule has 4 rings (SSSR count). The monoisotopic (exact) mass is 466 g/mol. The van der Waals surface area contributed by atoms with Gasteiger partial charge in [-0.05, 0) is 18.2 Å². The van der Waals surface area contributed by atoms with Crippen LogP contribution >= 0.6 is 11.6 Å². The van der Waals surface area contributed by atoms with Gasteiger partial charge in [-0.25, -0.2) is 10.1 Å². The first kappa shape index (κ1) is 21.9. The molecule has 0 unspecified atom stereocenters. The number of fused-ring (bicyclic) bond motifs is 1. The molecule has 1 N–H and O–H groups in total. The predicted octanol–water partition coefficient (Wildman–Crippen LogP) is 2.96. The lowest BCUT2D eigenvalue weighted by atomic mass is 10.00. The van der Waals surface area contributed by atoms with Crippen molar-refractivity contribution in [3.05, 3.63) is 68.6 Å². The van der Waals surface area contributed by atoms with Crippen molar-refractivity contribution in [3.63, 3.8) is 0 Å². The van der Waals surface area contributed by atoms with E-state index < -0.39 is 28.6 Å². The normalized spacial score (nSPS) is 13.8. The van der Waals surface area contributed by atoms with Crippen LogP contribution < -0.4 is 15.4 Å². The number of carbonyl (C=O) groups is 1. The van der Waals surface area contributed by atoms with Gasteiger partial charge in [0.05, 0.1) is 30.2 Å². The second-order valence-corrected chi connectivity index (χ2v) is 7.86. The van der Waals surface area contributed by atoms with Crippen LogP contribution in [0.5, 0.6) is 0 Å². The average Bonchev–Trinajstić information content (AvgIpc) is 3.17. The first-order valence-corrected chi connectivity index (χ1v) is 9.91. The van der Waals surface area contributed by atoms with E-state index in [-0.39, 0.29) is 23.8 Å². The van der Waals surface area contributed by atoms with Gasteiger partial charge < -0.3 is 14.4 Å². The van der Waals surface area contributed by atoms with Gasteiger partial charge in [-0.3, -0.25) is 9.59 Å². The van der Waals surface area contributed by atoms with Crippen LogP contribution in [0.4, 0.5) is 24.5 Å². The maximum absolute atomic E-state index is 13.7. The number of imidazole rings is 1. The maximum atomic E-state index is 13.7. The summed E-state index contributed by atoms with van der Waals surface area (Å²) in [5, 5.41) is 5.96. The van der Waals surface area contributed by atoms with Crippen molar-refractivity contribution >= 4 is 28.8 Å². The molecule has 1 aliphatic rings. The van der Waals surface area contributed by atoms with Gasteiger partial charge in [0.2, 0.25) is 5.78 Å². The third kappa shape index (κ3) is 3.83. The summed E-state index contributed by atoms with van der Waals surface area (Å²) in [5.74, 6) is -0.292. The van der Waals surface area contributed by atoms with Crippen molar-refractivity contribution < 1.29 is 18.0 Å². The van der Waals surface area contributed by atoms with Gasteiger partial charge in [-0.2, -0.15) is 18.3 Å². The lowest BCUT2D eigenvalue weighted by Crippen LogP contribution is -2.36. The SMILES string of the molecule is CN(C)c1ccc(C(=O)c2cnc3n2CCN(c2cn[nH]c(=O)c2Cl)C3)c(C(F)(F)F)c1. The second kappa shape index (κ2) is 7.97. The summed E-state index contributed by atoms with van der Waals surface area (Å²) >= 11 is 6.07. The number of alkyl halides is 3. The van der Waals surface area contributed by atoms with E-state index in [9.17, 15) is 22.8 Å². The third-order valence-electron chi connectivity index (χ3n) is 5.28. The highest BCUT2D eigenvalue weighted by atomic mass is 35.5. The van der Waals surface area contributed by atoms with Gasteiger partial charge in [-0.1, -0.05) is 11.6 Å². The molecule has 0 amide bonds. The zero-order valence-electron chi connectivity index (χ0n) is 17.1. The standard InChI is InChI=1S/C20H18ClF3N6O2/c1-28(2)11-3-4-12(13(7-11)20(22,23)24)18(31)15-8-25-16-10-29(5-6-30(15)16)14-9-26-27-19(32)17(14)21/h3-4,7-9H,5-6,10H2,1-2H3,(H,27,32). The van der Waals surface area contributed by atoms with E-state index in [1.165, 1.54) is 29.4 Å². The number of anilines is 2. The highest BCUT2D eigenvalue weighted by Gasteiger charge is 2.37. The molecule has 0 radical (unpaired) electrons. The Morgan fingerprint density at radius 1 is 1.22 bits per heavy atom. The zero-order chi connectivity index (χ0) is 23.2. The molecular weight excluding hydrogens is 449 g/mol. The van der Waals surface area contributed by atoms with E-state index in [4.69, 9.17) is 11.6 Å². The summed E-state index contributed by atoms with van der Waals surface area (Å²) in [6, 6.07) is 3.63. The molecule has 3 heterocycles. The molecule has 32 heavy (non-hydrogen) atoms.